The van der Waals surface area contributed by atoms with Gasteiger partial charge in [-0.25, -0.2) is 0 Å². The van der Waals surface area contributed by atoms with Crippen molar-refractivity contribution >= 4 is 11.3 Å². The largest absolute Gasteiger partial charge is 0.295 e. The van der Waals surface area contributed by atoms with Crippen LogP contribution >= 0.6 is 11.3 Å². The minimum absolute atomic E-state index is 1.18. The van der Waals surface area contributed by atoms with Crippen LogP contribution in [0, 0.1) is 0 Å². The predicted molar refractivity (Wildman–Crippen MR) is 44.1 cm³/mol. The van der Waals surface area contributed by atoms with Crippen LogP contribution in [0.4, 0.5) is 0 Å². The zero-order valence-corrected chi connectivity index (χ0v) is 6.95. The molecule has 10 heavy (non-hydrogen) atoms. The molecule has 0 spiro atoms. The van der Waals surface area contributed by atoms with E-state index < -0.39 is 0 Å². The van der Waals surface area contributed by atoms with E-state index in [-0.39, 0.29) is 0 Å². The summed E-state index contributed by atoms with van der Waals surface area (Å²) in [4.78, 5) is 2.46. The molecule has 1 aromatic rings. The molecule has 1 nitrogen and oxygen atoms in total. The molecule has 1 aliphatic heterocycles. The van der Waals surface area contributed by atoms with Crippen LogP contribution in [-0.4, -0.2) is 11.4 Å². The number of rotatable bonds is 1. The highest BCUT2D eigenvalue weighted by atomic mass is 32.1. The van der Waals surface area contributed by atoms with Gasteiger partial charge in [-0.3, -0.25) is 4.90 Å². The Labute approximate surface area is 65.3 Å². The summed E-state index contributed by atoms with van der Waals surface area (Å²) < 4.78 is 0. The second-order valence-corrected chi connectivity index (χ2v) is 3.47. The lowest BCUT2D eigenvalue weighted by molar-refractivity contribution is 0.301. The molecule has 0 bridgehead atoms. The van der Waals surface area contributed by atoms with Crippen molar-refractivity contribution in [1.82, 2.24) is 4.90 Å². The van der Waals surface area contributed by atoms with Crippen molar-refractivity contribution in [2.45, 2.75) is 20.0 Å². The summed E-state index contributed by atoms with van der Waals surface area (Å²) in [6.07, 6.45) is 0. The second-order valence-electron chi connectivity index (χ2n) is 2.73. The summed E-state index contributed by atoms with van der Waals surface area (Å²) in [5, 5.41) is 4.54. The topological polar surface area (TPSA) is 3.24 Å². The van der Waals surface area contributed by atoms with E-state index in [2.05, 4.69) is 22.6 Å². The second kappa shape index (κ2) is 2.36. The highest BCUT2D eigenvalue weighted by Crippen LogP contribution is 2.25. The van der Waals surface area contributed by atoms with Crippen LogP contribution in [0.5, 0.6) is 0 Å². The molecule has 0 saturated heterocycles. The summed E-state index contributed by atoms with van der Waals surface area (Å²) in [5.41, 5.74) is 3.10. The fourth-order valence-corrected chi connectivity index (χ4v) is 2.24. The van der Waals surface area contributed by atoms with E-state index >= 15 is 0 Å². The van der Waals surface area contributed by atoms with E-state index in [9.17, 15) is 0 Å². The molecule has 0 radical (unpaired) electrons. The van der Waals surface area contributed by atoms with Crippen molar-refractivity contribution in [2.75, 3.05) is 6.54 Å². The van der Waals surface area contributed by atoms with Gasteiger partial charge in [-0.1, -0.05) is 6.92 Å². The fraction of sp³-hybridized carbons (Fsp3) is 0.500. The molecule has 0 amide bonds. The molecule has 0 saturated carbocycles. The van der Waals surface area contributed by atoms with Gasteiger partial charge in [0.2, 0.25) is 0 Å². The maximum absolute atomic E-state index is 2.46. The van der Waals surface area contributed by atoms with Crippen molar-refractivity contribution < 1.29 is 0 Å². The van der Waals surface area contributed by atoms with E-state index in [0.717, 1.165) is 0 Å². The van der Waals surface area contributed by atoms with Crippen LogP contribution in [0.25, 0.3) is 0 Å². The van der Waals surface area contributed by atoms with Gasteiger partial charge in [-0.05, 0) is 28.4 Å². The third-order valence-corrected chi connectivity index (χ3v) is 2.91. The molecule has 0 aliphatic carbocycles. The number of nitrogens with zero attached hydrogens (tertiary/aromatic N) is 1. The van der Waals surface area contributed by atoms with Crippen LogP contribution in [0.2, 0.25) is 0 Å². The lowest BCUT2D eigenvalue weighted by atomic mass is 10.2. The average molecular weight is 153 g/mol. The molecule has 2 heterocycles. The van der Waals surface area contributed by atoms with Crippen molar-refractivity contribution in [3.8, 4) is 0 Å². The third kappa shape index (κ3) is 0.879. The zero-order valence-electron chi connectivity index (χ0n) is 6.13. The third-order valence-electron chi connectivity index (χ3n) is 2.07. The van der Waals surface area contributed by atoms with Crippen LogP contribution in [0.3, 0.4) is 0 Å². The first-order valence-corrected chi connectivity index (χ1v) is 4.60. The van der Waals surface area contributed by atoms with Gasteiger partial charge in [0.25, 0.3) is 0 Å². The van der Waals surface area contributed by atoms with Gasteiger partial charge in [-0.15, -0.1) is 0 Å². The van der Waals surface area contributed by atoms with Crippen molar-refractivity contribution in [1.29, 1.82) is 0 Å². The molecule has 0 unspecified atom stereocenters. The van der Waals surface area contributed by atoms with Crippen LogP contribution < -0.4 is 0 Å². The molecule has 2 rings (SSSR count). The minimum Gasteiger partial charge on any atom is -0.295 e. The average Bonchev–Trinajstić information content (AvgIpc) is 2.42. The van der Waals surface area contributed by atoms with Crippen molar-refractivity contribution in [2.24, 2.45) is 0 Å². The van der Waals surface area contributed by atoms with Gasteiger partial charge >= 0.3 is 0 Å². The first kappa shape index (κ1) is 6.38. The van der Waals surface area contributed by atoms with E-state index in [4.69, 9.17) is 0 Å². The Morgan fingerprint density at radius 2 is 2.00 bits per heavy atom. The van der Waals surface area contributed by atoms with Crippen molar-refractivity contribution in [3.05, 3.63) is 21.9 Å². The normalized spacial score (nSPS) is 17.7. The standard InChI is InChI=1S/C8H11NS/c1-2-9-3-7-5-10-6-8(7)4-9/h5-6H,2-4H2,1H3. The molecular formula is C8H11NS. The predicted octanol–water partition coefficient (Wildman–Crippen LogP) is 2.08. The first-order chi connectivity index (χ1) is 4.90. The minimum atomic E-state index is 1.18. The Kier molecular flexibility index (Phi) is 1.51. The SMILES string of the molecule is CCN1Cc2cscc2C1. The molecule has 1 aliphatic rings. The maximum Gasteiger partial charge on any atom is 0.0248 e. The molecule has 54 valence electrons. The van der Waals surface area contributed by atoms with E-state index in [0.29, 0.717) is 0 Å². The lowest BCUT2D eigenvalue weighted by Crippen LogP contribution is -2.14. The number of hydrogen-bond acceptors (Lipinski definition) is 2. The Bertz CT molecular complexity index is 208. The quantitative estimate of drug-likeness (QED) is 0.597. The molecule has 2 heteroatoms. The molecule has 0 fully saturated rings. The summed E-state index contributed by atoms with van der Waals surface area (Å²) >= 11 is 1.83. The molecule has 0 N–H and O–H groups in total. The first-order valence-electron chi connectivity index (χ1n) is 3.66. The van der Waals surface area contributed by atoms with E-state index in [1.807, 2.05) is 11.3 Å². The molecule has 0 atom stereocenters. The van der Waals surface area contributed by atoms with Gasteiger partial charge in [0, 0.05) is 13.1 Å². The number of fused-ring (bicyclic) bond motifs is 1. The lowest BCUT2D eigenvalue weighted by Gasteiger charge is -2.09. The van der Waals surface area contributed by atoms with Gasteiger partial charge < -0.3 is 0 Å². The van der Waals surface area contributed by atoms with E-state index in [1.54, 1.807) is 11.1 Å². The fourth-order valence-electron chi connectivity index (χ4n) is 1.39. The Morgan fingerprint density at radius 3 is 2.50 bits per heavy atom. The summed E-state index contributed by atoms with van der Waals surface area (Å²) in [6.45, 7) is 5.75. The van der Waals surface area contributed by atoms with Gasteiger partial charge in [0.05, 0.1) is 0 Å². The highest BCUT2D eigenvalue weighted by molar-refractivity contribution is 7.08. The zero-order chi connectivity index (χ0) is 6.97. The number of thiophene rings is 1. The van der Waals surface area contributed by atoms with E-state index in [1.165, 1.54) is 19.6 Å². The summed E-state index contributed by atoms with van der Waals surface area (Å²) in [7, 11) is 0. The molecular weight excluding hydrogens is 142 g/mol. The Balaban J connectivity index is 2.21. The van der Waals surface area contributed by atoms with Gasteiger partial charge in [0.15, 0.2) is 0 Å². The van der Waals surface area contributed by atoms with Crippen LogP contribution in [0.15, 0.2) is 10.8 Å². The summed E-state index contributed by atoms with van der Waals surface area (Å²) in [6, 6.07) is 0. The van der Waals surface area contributed by atoms with Crippen LogP contribution in [0.1, 0.15) is 18.1 Å². The maximum atomic E-state index is 2.46. The molecule has 1 aromatic heterocycles. The Hall–Kier alpha value is -0.340. The van der Waals surface area contributed by atoms with Gasteiger partial charge in [-0.2, -0.15) is 11.3 Å². The molecule has 0 aromatic carbocycles. The monoisotopic (exact) mass is 153 g/mol. The van der Waals surface area contributed by atoms with Crippen molar-refractivity contribution in [3.63, 3.8) is 0 Å². The number of hydrogen-bond donors (Lipinski definition) is 0. The van der Waals surface area contributed by atoms with Crippen LogP contribution in [-0.2, 0) is 13.1 Å². The summed E-state index contributed by atoms with van der Waals surface area (Å²) in [5.74, 6) is 0. The smallest absolute Gasteiger partial charge is 0.0248 e. The Morgan fingerprint density at radius 1 is 1.40 bits per heavy atom. The highest BCUT2D eigenvalue weighted by Gasteiger charge is 2.16. The van der Waals surface area contributed by atoms with Gasteiger partial charge in [0.1, 0.15) is 0 Å².